The number of unbranched alkanes of at least 4 members (excludes halogenated alkanes) is 4. The zero-order chi connectivity index (χ0) is 16.4. The molecule has 0 radical (unpaired) electrons. The van der Waals surface area contributed by atoms with Crippen LogP contribution in [0.25, 0.3) is 0 Å². The van der Waals surface area contributed by atoms with Gasteiger partial charge in [0.15, 0.2) is 0 Å². The van der Waals surface area contributed by atoms with E-state index in [0.717, 1.165) is 6.42 Å². The number of rotatable bonds is 11. The molecule has 132 valence electrons. The first-order valence-corrected chi connectivity index (χ1v) is 10.4. The number of hydrogen-bond acceptors (Lipinski definition) is 3. The van der Waals surface area contributed by atoms with E-state index in [2.05, 4.69) is 13.8 Å². The molecule has 2 atom stereocenters. The van der Waals surface area contributed by atoms with Crippen LogP contribution >= 0.6 is 0 Å². The minimum atomic E-state index is -3.58. The maximum absolute atomic E-state index is 11.5. The van der Waals surface area contributed by atoms with Crippen molar-refractivity contribution in [1.29, 1.82) is 0 Å². The third-order valence-electron chi connectivity index (χ3n) is 4.49. The molecule has 1 saturated heterocycles. The van der Waals surface area contributed by atoms with Gasteiger partial charge < -0.3 is 4.74 Å². The van der Waals surface area contributed by atoms with Gasteiger partial charge in [-0.25, -0.2) is 5.14 Å². The van der Waals surface area contributed by atoms with E-state index >= 15 is 0 Å². The summed E-state index contributed by atoms with van der Waals surface area (Å²) in [6.07, 6.45) is 11.0. The van der Waals surface area contributed by atoms with Crippen molar-refractivity contribution >= 4 is 10.2 Å². The molecule has 0 aromatic carbocycles. The quantitative estimate of drug-likeness (QED) is 0.590. The van der Waals surface area contributed by atoms with Gasteiger partial charge in [-0.2, -0.15) is 12.7 Å². The highest BCUT2D eigenvalue weighted by atomic mass is 32.2. The Morgan fingerprint density at radius 2 is 1.82 bits per heavy atom. The lowest BCUT2D eigenvalue weighted by molar-refractivity contribution is -0.0157. The summed E-state index contributed by atoms with van der Waals surface area (Å²) in [5, 5.41) is 5.24. The summed E-state index contributed by atoms with van der Waals surface area (Å²) in [5.41, 5.74) is 0. The van der Waals surface area contributed by atoms with Gasteiger partial charge in [-0.1, -0.05) is 65.2 Å². The monoisotopic (exact) mass is 334 g/mol. The molecule has 0 bridgehead atoms. The van der Waals surface area contributed by atoms with Crippen LogP contribution in [0.15, 0.2) is 0 Å². The average molecular weight is 335 g/mol. The van der Waals surface area contributed by atoms with Crippen molar-refractivity contribution in [2.24, 2.45) is 11.1 Å². The predicted octanol–water partition coefficient (Wildman–Crippen LogP) is 3.06. The fourth-order valence-corrected chi connectivity index (χ4v) is 3.87. The number of morpholine rings is 1. The van der Waals surface area contributed by atoms with Gasteiger partial charge in [-0.3, -0.25) is 0 Å². The summed E-state index contributed by atoms with van der Waals surface area (Å²) < 4.78 is 30.1. The van der Waals surface area contributed by atoms with Crippen LogP contribution in [-0.2, 0) is 14.9 Å². The van der Waals surface area contributed by atoms with E-state index in [9.17, 15) is 8.42 Å². The van der Waals surface area contributed by atoms with Crippen molar-refractivity contribution in [1.82, 2.24) is 4.31 Å². The summed E-state index contributed by atoms with van der Waals surface area (Å²) in [6, 6.07) is 0. The Labute approximate surface area is 136 Å². The molecule has 6 heteroatoms. The molecule has 2 N–H and O–H groups in total. The van der Waals surface area contributed by atoms with E-state index in [4.69, 9.17) is 9.88 Å². The van der Waals surface area contributed by atoms with Crippen LogP contribution < -0.4 is 5.14 Å². The molecule has 2 unspecified atom stereocenters. The van der Waals surface area contributed by atoms with Gasteiger partial charge in [0, 0.05) is 13.1 Å². The molecule has 1 aliphatic heterocycles. The maximum Gasteiger partial charge on any atom is 0.277 e. The Bertz CT molecular complexity index is 387. The van der Waals surface area contributed by atoms with Gasteiger partial charge in [-0.15, -0.1) is 0 Å². The van der Waals surface area contributed by atoms with Crippen molar-refractivity contribution < 1.29 is 13.2 Å². The van der Waals surface area contributed by atoms with Crippen LogP contribution in [0.5, 0.6) is 0 Å². The van der Waals surface area contributed by atoms with E-state index in [1.807, 2.05) is 0 Å². The van der Waals surface area contributed by atoms with E-state index in [1.165, 1.54) is 55.7 Å². The SMILES string of the molecule is CCCCCCC(CCCC)CC1CN(S(N)(=O)=O)CCO1. The van der Waals surface area contributed by atoms with E-state index in [0.29, 0.717) is 25.6 Å². The van der Waals surface area contributed by atoms with Gasteiger partial charge in [0.1, 0.15) is 0 Å². The van der Waals surface area contributed by atoms with Crippen LogP contribution in [-0.4, -0.2) is 38.5 Å². The molecular formula is C16H34N2O3S. The number of nitrogens with two attached hydrogens (primary N) is 1. The molecule has 0 amide bonds. The fourth-order valence-electron chi connectivity index (χ4n) is 3.17. The molecular weight excluding hydrogens is 300 g/mol. The third-order valence-corrected chi connectivity index (χ3v) is 5.54. The molecule has 1 fully saturated rings. The lowest BCUT2D eigenvalue weighted by atomic mass is 9.90. The van der Waals surface area contributed by atoms with Crippen molar-refractivity contribution in [2.45, 2.75) is 77.7 Å². The summed E-state index contributed by atoms with van der Waals surface area (Å²) in [5.74, 6) is 0.641. The van der Waals surface area contributed by atoms with Gasteiger partial charge in [-0.05, 0) is 12.3 Å². The first kappa shape index (κ1) is 19.9. The zero-order valence-electron chi connectivity index (χ0n) is 14.3. The Balaban J connectivity index is 2.45. The smallest absolute Gasteiger partial charge is 0.277 e. The van der Waals surface area contributed by atoms with Crippen LogP contribution in [0.4, 0.5) is 0 Å². The van der Waals surface area contributed by atoms with Crippen LogP contribution in [0, 0.1) is 5.92 Å². The molecule has 1 rings (SSSR count). The highest BCUT2D eigenvalue weighted by Crippen LogP contribution is 2.25. The lowest BCUT2D eigenvalue weighted by Gasteiger charge is -2.33. The van der Waals surface area contributed by atoms with Crippen molar-refractivity contribution in [3.05, 3.63) is 0 Å². The molecule has 1 heterocycles. The third kappa shape index (κ3) is 7.90. The second-order valence-corrected chi connectivity index (χ2v) is 8.04. The highest BCUT2D eigenvalue weighted by Gasteiger charge is 2.28. The Morgan fingerprint density at radius 1 is 1.14 bits per heavy atom. The number of hydrogen-bond donors (Lipinski definition) is 1. The second-order valence-electron chi connectivity index (χ2n) is 6.49. The lowest BCUT2D eigenvalue weighted by Crippen LogP contribution is -2.48. The molecule has 0 aliphatic carbocycles. The molecule has 1 aliphatic rings. The van der Waals surface area contributed by atoms with Crippen LogP contribution in [0.3, 0.4) is 0 Å². The highest BCUT2D eigenvalue weighted by molar-refractivity contribution is 7.86. The minimum Gasteiger partial charge on any atom is -0.375 e. The van der Waals surface area contributed by atoms with E-state index in [1.54, 1.807) is 0 Å². The Morgan fingerprint density at radius 3 is 2.45 bits per heavy atom. The fraction of sp³-hybridized carbons (Fsp3) is 1.00. The topological polar surface area (TPSA) is 72.6 Å². The molecule has 5 nitrogen and oxygen atoms in total. The van der Waals surface area contributed by atoms with E-state index < -0.39 is 10.2 Å². The number of nitrogens with zero attached hydrogens (tertiary/aromatic N) is 1. The predicted molar refractivity (Wildman–Crippen MR) is 90.8 cm³/mol. The minimum absolute atomic E-state index is 0.0000984. The van der Waals surface area contributed by atoms with Gasteiger partial charge >= 0.3 is 0 Å². The molecule has 22 heavy (non-hydrogen) atoms. The largest absolute Gasteiger partial charge is 0.375 e. The first-order chi connectivity index (χ1) is 10.5. The van der Waals surface area contributed by atoms with Gasteiger partial charge in [0.25, 0.3) is 10.2 Å². The van der Waals surface area contributed by atoms with Crippen molar-refractivity contribution in [3.63, 3.8) is 0 Å². The van der Waals surface area contributed by atoms with Gasteiger partial charge in [0.2, 0.25) is 0 Å². The summed E-state index contributed by atoms with van der Waals surface area (Å²) >= 11 is 0. The number of ether oxygens (including phenoxy) is 1. The summed E-state index contributed by atoms with van der Waals surface area (Å²) in [6.45, 7) is 5.69. The second kappa shape index (κ2) is 10.6. The van der Waals surface area contributed by atoms with Crippen LogP contribution in [0.2, 0.25) is 0 Å². The normalized spacial score (nSPS) is 21.9. The Hall–Kier alpha value is -0.170. The van der Waals surface area contributed by atoms with Crippen LogP contribution in [0.1, 0.15) is 71.6 Å². The average Bonchev–Trinajstić information content (AvgIpc) is 2.48. The van der Waals surface area contributed by atoms with E-state index in [-0.39, 0.29) is 6.10 Å². The van der Waals surface area contributed by atoms with Crippen molar-refractivity contribution in [2.75, 3.05) is 19.7 Å². The standard InChI is InChI=1S/C16H34N2O3S/c1-3-5-7-8-10-15(9-6-4-2)13-16-14-18(11-12-21-16)22(17,19)20/h15-16H,3-14H2,1-2H3,(H2,17,19,20). The zero-order valence-corrected chi connectivity index (χ0v) is 15.1. The Kier molecular flexibility index (Phi) is 9.55. The molecule has 0 aromatic heterocycles. The first-order valence-electron chi connectivity index (χ1n) is 8.86. The summed E-state index contributed by atoms with van der Waals surface area (Å²) in [4.78, 5) is 0. The molecule has 0 aromatic rings. The van der Waals surface area contributed by atoms with Gasteiger partial charge in [0.05, 0.1) is 12.7 Å². The van der Waals surface area contributed by atoms with Crippen molar-refractivity contribution in [3.8, 4) is 0 Å². The maximum atomic E-state index is 11.5. The molecule has 0 spiro atoms. The summed E-state index contributed by atoms with van der Waals surface area (Å²) in [7, 11) is -3.58. The molecule has 0 saturated carbocycles.